The SMILES string of the molecule is C#Cc1cccc([C@H]2O[C@H](CO)[C@@H](O)[C@H](O)[C@@H]2O)c1.CC[C@H]1O[C@H](Br)[C@@H](OC(=O)C(C)(C)C)[C@@H](C)[C@@H]1C.CC[C@H]1O[C@H](c2cccc(C#C[Si](C)(C)C)c2)[C@@H](OC(=O)C(C)(C)C)[C@@H](C)[C@@H]1C.I.II.[H-].[K+]. The Hall–Kier alpha value is 0.743. The van der Waals surface area contributed by atoms with Gasteiger partial charge in [-0.05, 0) is 102 Å². The van der Waals surface area contributed by atoms with Gasteiger partial charge in [0.15, 0.2) is 0 Å². The van der Waals surface area contributed by atoms with Crippen molar-refractivity contribution in [3.8, 4) is 23.8 Å². The predicted octanol–water partition coefficient (Wildman–Crippen LogP) is 8.43. The number of benzene rings is 2. The van der Waals surface area contributed by atoms with Gasteiger partial charge < -0.3 is 45.5 Å². The topological polar surface area (TPSA) is 161 Å². The maximum atomic E-state index is 12.7. The zero-order chi connectivity index (χ0) is 52.1. The Morgan fingerprint density at radius 3 is 1.60 bits per heavy atom. The maximum absolute atomic E-state index is 12.7. The summed E-state index contributed by atoms with van der Waals surface area (Å²) in [7, 11) is -1.45. The minimum Gasteiger partial charge on any atom is -1.00 e. The molecule has 3 aliphatic heterocycles. The summed E-state index contributed by atoms with van der Waals surface area (Å²) in [5.41, 5.74) is 5.66. The Morgan fingerprint density at radius 1 is 0.714 bits per heavy atom. The molecule has 0 aliphatic carbocycles. The molecule has 0 radical (unpaired) electrons. The van der Waals surface area contributed by atoms with Crippen molar-refractivity contribution in [3.63, 3.8) is 0 Å². The number of rotatable bonds is 7. The zero-order valence-corrected chi connectivity index (χ0v) is 56.5. The van der Waals surface area contributed by atoms with Gasteiger partial charge in [-0.3, -0.25) is 9.59 Å². The van der Waals surface area contributed by atoms with E-state index in [1.165, 1.54) is 0 Å². The molecule has 3 heterocycles. The van der Waals surface area contributed by atoms with E-state index in [2.05, 4.69) is 144 Å². The number of carbonyl (C=O) groups excluding carboxylic acids is 2. The first-order chi connectivity index (χ1) is 31.6. The average molecular weight is 1420 g/mol. The summed E-state index contributed by atoms with van der Waals surface area (Å²) in [4.78, 5) is 24.7. The van der Waals surface area contributed by atoms with Crippen molar-refractivity contribution >= 4 is 97.2 Å². The van der Waals surface area contributed by atoms with Crippen LogP contribution in [0.25, 0.3) is 0 Å². The third kappa shape index (κ3) is 20.9. The van der Waals surface area contributed by atoms with Crippen LogP contribution in [0.4, 0.5) is 0 Å². The number of hydrogen-bond donors (Lipinski definition) is 4. The second-order valence-electron chi connectivity index (χ2n) is 21.3. The van der Waals surface area contributed by atoms with E-state index in [9.17, 15) is 24.9 Å². The molecule has 70 heavy (non-hydrogen) atoms. The van der Waals surface area contributed by atoms with E-state index in [4.69, 9.17) is 35.2 Å². The molecule has 2 aromatic rings. The van der Waals surface area contributed by atoms with Crippen molar-refractivity contribution in [2.75, 3.05) is 6.61 Å². The standard InChI is InChI=1S/C25H38O3Si.C14H25BrO3.C14H16O5.I2.HI.K.H/c1-10-21-17(2)18(3)22(28-24(26)25(4,5)6)23(27-21)20-13-11-12-19(16-20)14-15-29(7,8)9;1-7-10-8(2)9(3)11(12(15)17-10)18-13(16)14(4,5)6;1-2-8-4-3-5-9(6-8)14-13(18)12(17)11(16)10(7-15)19-14;1-2;;;/h11-13,16-18,21-23H,10H2,1-9H3;8-12H,7H2,1-6H3;1,3-6,10-18H,7H2;;1H;;/q;;;;;+1;-1/t17-,18-,21+,22-,23+;8-,9-,10+,11-,12-;10-,11-,12+,13+,14-;;;;/m001..../s1. The molecule has 3 aliphatic rings. The van der Waals surface area contributed by atoms with E-state index in [-0.39, 0.29) is 130 Å². The van der Waals surface area contributed by atoms with Gasteiger partial charge in [0.05, 0.1) is 29.6 Å². The monoisotopic (exact) mass is 1420 g/mol. The van der Waals surface area contributed by atoms with Crippen LogP contribution >= 0.6 is 77.1 Å². The number of alkyl halides is 1. The fourth-order valence-corrected chi connectivity index (χ4v) is 9.30. The molecular weight excluding hydrogens is 1340 g/mol. The molecule has 11 nitrogen and oxygen atoms in total. The van der Waals surface area contributed by atoms with Crippen molar-refractivity contribution in [2.45, 2.75) is 182 Å². The molecule has 3 saturated heterocycles. The van der Waals surface area contributed by atoms with E-state index < -0.39 is 56.0 Å². The van der Waals surface area contributed by atoms with E-state index >= 15 is 0 Å². The summed E-state index contributed by atoms with van der Waals surface area (Å²) >= 11 is 7.74. The van der Waals surface area contributed by atoms with Crippen LogP contribution in [0, 0.1) is 58.3 Å². The number of esters is 2. The van der Waals surface area contributed by atoms with Gasteiger partial charge >= 0.3 is 63.3 Å². The number of terminal acetylenes is 1. The van der Waals surface area contributed by atoms with Crippen molar-refractivity contribution in [2.24, 2.45) is 34.5 Å². The van der Waals surface area contributed by atoms with Crippen molar-refractivity contribution in [1.29, 1.82) is 0 Å². The second-order valence-corrected chi connectivity index (χ2v) is 26.9. The summed E-state index contributed by atoms with van der Waals surface area (Å²) in [5.74, 6) is 6.67. The molecule has 0 bridgehead atoms. The molecule has 15 atom stereocenters. The second kappa shape index (κ2) is 32.5. The van der Waals surface area contributed by atoms with Crippen LogP contribution in [0.5, 0.6) is 0 Å². The number of ether oxygens (including phenoxy) is 5. The Kier molecular flexibility index (Phi) is 32.8. The Bertz CT molecular complexity index is 2020. The van der Waals surface area contributed by atoms with E-state index in [0.29, 0.717) is 28.9 Å². The minimum atomic E-state index is -1.45. The van der Waals surface area contributed by atoms with Gasteiger partial charge in [0, 0.05) is 60.2 Å². The van der Waals surface area contributed by atoms with E-state index in [1.807, 2.05) is 53.7 Å². The molecule has 0 aromatic heterocycles. The van der Waals surface area contributed by atoms with Crippen molar-refractivity contribution in [1.82, 2.24) is 0 Å². The summed E-state index contributed by atoms with van der Waals surface area (Å²) in [5, 5.41) is 38.3. The predicted molar refractivity (Wildman–Crippen MR) is 309 cm³/mol. The van der Waals surface area contributed by atoms with Gasteiger partial charge in [0.1, 0.15) is 61.9 Å². The number of aliphatic hydroxyl groups is 4. The first kappa shape index (κ1) is 70.7. The van der Waals surface area contributed by atoms with Crippen LogP contribution in [0.15, 0.2) is 48.5 Å². The van der Waals surface area contributed by atoms with Crippen LogP contribution in [0.2, 0.25) is 19.6 Å². The van der Waals surface area contributed by atoms with Crippen molar-refractivity contribution < 1.29 is 107 Å². The molecule has 0 spiro atoms. The van der Waals surface area contributed by atoms with Gasteiger partial charge in [-0.25, -0.2) is 0 Å². The number of carbonyl (C=O) groups is 2. The quantitative estimate of drug-likeness (QED) is 0.0693. The molecule has 3 fully saturated rings. The summed E-state index contributed by atoms with van der Waals surface area (Å²) in [6, 6.07) is 15.0. The van der Waals surface area contributed by atoms with Crippen molar-refractivity contribution in [3.05, 3.63) is 70.8 Å². The minimum absolute atomic E-state index is 0. The van der Waals surface area contributed by atoms with Gasteiger partial charge in [-0.1, -0.05) is 113 Å². The summed E-state index contributed by atoms with van der Waals surface area (Å²) in [6.45, 7) is 30.5. The van der Waals surface area contributed by atoms with Gasteiger partial charge in [0.2, 0.25) is 0 Å². The van der Waals surface area contributed by atoms with Gasteiger partial charge in [0.25, 0.3) is 0 Å². The molecule has 392 valence electrons. The molecule has 17 heteroatoms. The first-order valence-corrected chi connectivity index (χ1v) is 34.3. The van der Waals surface area contributed by atoms with Crippen LogP contribution in [0.3, 0.4) is 0 Å². The number of hydrogen-bond acceptors (Lipinski definition) is 11. The van der Waals surface area contributed by atoms with Gasteiger partial charge in [-0.2, -0.15) is 0 Å². The van der Waals surface area contributed by atoms with E-state index in [1.54, 1.807) is 24.3 Å². The first-order valence-electron chi connectivity index (χ1n) is 23.6. The molecule has 0 unspecified atom stereocenters. The molecule has 2 aromatic carbocycles. The summed E-state index contributed by atoms with van der Waals surface area (Å²) in [6.07, 6.45) is 1.03. The third-order valence-corrected chi connectivity index (χ3v) is 14.2. The molecule has 0 amide bonds. The number of aliphatic hydroxyl groups excluding tert-OH is 4. The fourth-order valence-electron chi connectivity index (χ4n) is 7.92. The normalized spacial score (nSPS) is 30.6. The largest absolute Gasteiger partial charge is 1.00 e. The maximum Gasteiger partial charge on any atom is 1.00 e. The van der Waals surface area contributed by atoms with Crippen LogP contribution in [0.1, 0.15) is 132 Å². The Labute approximate surface area is 514 Å². The third-order valence-electron chi connectivity index (χ3n) is 12.6. The average Bonchev–Trinajstić information content (AvgIpc) is 3.29. The van der Waals surface area contributed by atoms with Gasteiger partial charge in [-0.15, -0.1) is 35.9 Å². The Morgan fingerprint density at radius 2 is 1.14 bits per heavy atom. The summed E-state index contributed by atoms with van der Waals surface area (Å²) < 4.78 is 29.5. The van der Waals surface area contributed by atoms with Crippen LogP contribution in [-0.4, -0.2) is 101 Å². The molecular formula is C53H81BrI3KO11Si. The van der Waals surface area contributed by atoms with Crippen LogP contribution < -0.4 is 51.4 Å². The number of halogens is 4. The molecule has 0 saturated carbocycles. The molecule has 4 N–H and O–H groups in total. The fraction of sp³-hybridized carbons (Fsp3) is 0.660. The van der Waals surface area contributed by atoms with E-state index in [0.717, 1.165) is 24.0 Å². The van der Waals surface area contributed by atoms with Crippen LogP contribution in [-0.2, 0) is 33.3 Å². The molecule has 5 rings (SSSR count). The smallest absolute Gasteiger partial charge is 1.00 e. The zero-order valence-electron chi connectivity index (χ0n) is 45.2. The Balaban J connectivity index is 0.